The fourth-order valence-electron chi connectivity index (χ4n) is 2.47. The van der Waals surface area contributed by atoms with Gasteiger partial charge in [0.25, 0.3) is 5.91 Å². The Morgan fingerprint density at radius 1 is 1.04 bits per heavy atom. The van der Waals surface area contributed by atoms with Gasteiger partial charge < -0.3 is 9.80 Å². The van der Waals surface area contributed by atoms with Crippen molar-refractivity contribution in [1.82, 2.24) is 10.2 Å². The van der Waals surface area contributed by atoms with Gasteiger partial charge in [-0.1, -0.05) is 6.07 Å². The predicted molar refractivity (Wildman–Crippen MR) is 87.4 cm³/mol. The largest absolute Gasteiger partial charge is 0.368 e. The van der Waals surface area contributed by atoms with Gasteiger partial charge in [0, 0.05) is 31.9 Å². The number of urea groups is 1. The summed E-state index contributed by atoms with van der Waals surface area (Å²) >= 11 is 1.30. The smallest absolute Gasteiger partial charge is 0.324 e. The average Bonchev–Trinajstić information content (AvgIpc) is 3.10. The zero-order valence-electron chi connectivity index (χ0n) is 12.4. The van der Waals surface area contributed by atoms with Gasteiger partial charge in [-0.3, -0.25) is 10.1 Å². The summed E-state index contributed by atoms with van der Waals surface area (Å²) in [6.45, 7) is 2.32. The zero-order valence-corrected chi connectivity index (χ0v) is 13.2. The molecule has 1 aromatic carbocycles. The number of thiophene rings is 1. The van der Waals surface area contributed by atoms with Gasteiger partial charge in [0.15, 0.2) is 0 Å². The van der Waals surface area contributed by atoms with Crippen molar-refractivity contribution in [2.24, 2.45) is 0 Å². The number of anilines is 1. The number of hydrogen-bond acceptors (Lipinski definition) is 4. The first-order valence-electron chi connectivity index (χ1n) is 7.28. The summed E-state index contributed by atoms with van der Waals surface area (Å²) in [5, 5.41) is 4.20. The summed E-state index contributed by atoms with van der Waals surface area (Å²) in [5.74, 6) is -0.634. The van der Waals surface area contributed by atoms with Crippen LogP contribution in [0.1, 0.15) is 9.67 Å². The van der Waals surface area contributed by atoms with E-state index < -0.39 is 0 Å². The molecule has 0 saturated carbocycles. The minimum absolute atomic E-state index is 0.265. The SMILES string of the molecule is O=C(NC(=O)N1CCN(c2ccc(F)cc2)CC1)c1cccs1. The van der Waals surface area contributed by atoms with Crippen LogP contribution in [0.2, 0.25) is 0 Å². The number of piperazine rings is 1. The molecule has 1 fully saturated rings. The van der Waals surface area contributed by atoms with Crippen molar-refractivity contribution in [3.63, 3.8) is 0 Å². The van der Waals surface area contributed by atoms with Crippen molar-refractivity contribution in [1.29, 1.82) is 0 Å². The monoisotopic (exact) mass is 333 g/mol. The molecular formula is C16H16FN3O2S. The van der Waals surface area contributed by atoms with Gasteiger partial charge in [-0.25, -0.2) is 9.18 Å². The highest BCUT2D eigenvalue weighted by molar-refractivity contribution is 7.12. The molecule has 120 valence electrons. The first-order valence-corrected chi connectivity index (χ1v) is 8.16. The van der Waals surface area contributed by atoms with E-state index >= 15 is 0 Å². The molecule has 0 radical (unpaired) electrons. The lowest BCUT2D eigenvalue weighted by Gasteiger charge is -2.35. The highest BCUT2D eigenvalue weighted by atomic mass is 32.1. The molecular weight excluding hydrogens is 317 g/mol. The first kappa shape index (κ1) is 15.5. The highest BCUT2D eigenvalue weighted by Gasteiger charge is 2.23. The third kappa shape index (κ3) is 3.68. The van der Waals surface area contributed by atoms with Gasteiger partial charge >= 0.3 is 6.03 Å². The minimum atomic E-state index is -0.373. The van der Waals surface area contributed by atoms with Crippen LogP contribution in [0.4, 0.5) is 14.9 Å². The molecule has 2 heterocycles. The van der Waals surface area contributed by atoms with E-state index in [1.54, 1.807) is 34.5 Å². The fourth-order valence-corrected chi connectivity index (χ4v) is 3.08. The lowest BCUT2D eigenvalue weighted by molar-refractivity contribution is 0.0955. The molecule has 0 aliphatic carbocycles. The third-order valence-electron chi connectivity index (χ3n) is 3.72. The zero-order chi connectivity index (χ0) is 16.2. The maximum absolute atomic E-state index is 12.9. The van der Waals surface area contributed by atoms with Crippen LogP contribution >= 0.6 is 11.3 Å². The van der Waals surface area contributed by atoms with Crippen molar-refractivity contribution < 1.29 is 14.0 Å². The molecule has 0 bridgehead atoms. The highest BCUT2D eigenvalue weighted by Crippen LogP contribution is 2.17. The Morgan fingerprint density at radius 2 is 1.74 bits per heavy atom. The van der Waals surface area contributed by atoms with Crippen molar-refractivity contribution in [3.05, 3.63) is 52.5 Å². The van der Waals surface area contributed by atoms with E-state index in [0.717, 1.165) is 5.69 Å². The lowest BCUT2D eigenvalue weighted by Crippen LogP contribution is -2.52. The second kappa shape index (κ2) is 6.78. The maximum atomic E-state index is 12.9. The van der Waals surface area contributed by atoms with Gasteiger partial charge in [-0.15, -0.1) is 11.3 Å². The van der Waals surface area contributed by atoms with E-state index in [-0.39, 0.29) is 17.8 Å². The number of imide groups is 1. The van der Waals surface area contributed by atoms with Crippen LogP contribution in [0.3, 0.4) is 0 Å². The summed E-state index contributed by atoms with van der Waals surface area (Å²) in [4.78, 5) is 28.2. The molecule has 1 N–H and O–H groups in total. The molecule has 2 aromatic rings. The van der Waals surface area contributed by atoms with Crippen LogP contribution in [0.15, 0.2) is 41.8 Å². The Hall–Kier alpha value is -2.41. The number of nitrogens with zero attached hydrogens (tertiary/aromatic N) is 2. The third-order valence-corrected chi connectivity index (χ3v) is 4.59. The molecule has 1 aliphatic heterocycles. The number of carbonyl (C=O) groups is 2. The Bertz CT molecular complexity index is 680. The second-order valence-electron chi connectivity index (χ2n) is 5.19. The molecule has 3 rings (SSSR count). The van der Waals surface area contributed by atoms with Crippen LogP contribution in [-0.4, -0.2) is 43.0 Å². The van der Waals surface area contributed by atoms with Crippen molar-refractivity contribution >= 4 is 29.0 Å². The summed E-state index contributed by atoms with van der Waals surface area (Å²) < 4.78 is 12.9. The summed E-state index contributed by atoms with van der Waals surface area (Å²) in [7, 11) is 0. The van der Waals surface area contributed by atoms with Gasteiger partial charge in [-0.05, 0) is 35.7 Å². The van der Waals surface area contributed by atoms with E-state index in [9.17, 15) is 14.0 Å². The summed E-state index contributed by atoms with van der Waals surface area (Å²) in [6.07, 6.45) is 0. The molecule has 1 aliphatic rings. The first-order chi connectivity index (χ1) is 11.1. The van der Waals surface area contributed by atoms with E-state index in [4.69, 9.17) is 0 Å². The quantitative estimate of drug-likeness (QED) is 0.919. The maximum Gasteiger partial charge on any atom is 0.324 e. The summed E-state index contributed by atoms with van der Waals surface area (Å²) in [5.41, 5.74) is 0.932. The Kier molecular flexibility index (Phi) is 4.57. The molecule has 1 saturated heterocycles. The number of halogens is 1. The fraction of sp³-hybridized carbons (Fsp3) is 0.250. The Labute approximate surface area is 137 Å². The molecule has 5 nitrogen and oxygen atoms in total. The van der Waals surface area contributed by atoms with Gasteiger partial charge in [0.2, 0.25) is 0 Å². The topological polar surface area (TPSA) is 52.7 Å². The van der Waals surface area contributed by atoms with E-state index in [1.807, 2.05) is 0 Å². The number of nitrogens with one attached hydrogen (secondary N) is 1. The number of carbonyl (C=O) groups excluding carboxylic acids is 2. The normalized spacial score (nSPS) is 14.7. The average molecular weight is 333 g/mol. The minimum Gasteiger partial charge on any atom is -0.368 e. The van der Waals surface area contributed by atoms with Crippen LogP contribution in [0.5, 0.6) is 0 Å². The molecule has 3 amide bonds. The molecule has 0 unspecified atom stereocenters. The van der Waals surface area contributed by atoms with Crippen LogP contribution in [-0.2, 0) is 0 Å². The van der Waals surface area contributed by atoms with Gasteiger partial charge in [0.1, 0.15) is 5.82 Å². The van der Waals surface area contributed by atoms with E-state index in [1.165, 1.54) is 23.5 Å². The second-order valence-corrected chi connectivity index (χ2v) is 6.13. The number of benzene rings is 1. The predicted octanol–water partition coefficient (Wildman–Crippen LogP) is 2.56. The van der Waals surface area contributed by atoms with Crippen molar-refractivity contribution in [3.8, 4) is 0 Å². The Morgan fingerprint density at radius 3 is 2.35 bits per heavy atom. The number of hydrogen-bond donors (Lipinski definition) is 1. The number of amides is 3. The van der Waals surface area contributed by atoms with Gasteiger partial charge in [0.05, 0.1) is 4.88 Å². The van der Waals surface area contributed by atoms with E-state index in [2.05, 4.69) is 10.2 Å². The van der Waals surface area contributed by atoms with Crippen molar-refractivity contribution in [2.45, 2.75) is 0 Å². The van der Waals surface area contributed by atoms with Crippen molar-refractivity contribution in [2.75, 3.05) is 31.1 Å². The van der Waals surface area contributed by atoms with E-state index in [0.29, 0.717) is 31.1 Å². The van der Waals surface area contributed by atoms with Crippen LogP contribution < -0.4 is 10.2 Å². The molecule has 23 heavy (non-hydrogen) atoms. The number of rotatable bonds is 2. The Balaban J connectivity index is 1.53. The van der Waals surface area contributed by atoms with Crippen LogP contribution in [0, 0.1) is 5.82 Å². The standard InChI is InChI=1S/C16H16FN3O2S/c17-12-3-5-13(6-4-12)19-7-9-20(10-8-19)16(22)18-15(21)14-2-1-11-23-14/h1-6,11H,7-10H2,(H,18,21,22). The lowest BCUT2D eigenvalue weighted by atomic mass is 10.2. The molecule has 0 spiro atoms. The molecule has 7 heteroatoms. The van der Waals surface area contributed by atoms with Crippen LogP contribution in [0.25, 0.3) is 0 Å². The van der Waals surface area contributed by atoms with Gasteiger partial charge in [-0.2, -0.15) is 0 Å². The molecule has 1 aromatic heterocycles. The molecule has 0 atom stereocenters. The summed E-state index contributed by atoms with van der Waals surface area (Å²) in [6, 6.07) is 9.38.